The molecule has 1 aromatic rings. The van der Waals surface area contributed by atoms with E-state index in [1.54, 1.807) is 0 Å². The van der Waals surface area contributed by atoms with Crippen LogP contribution in [0.1, 0.15) is 0 Å². The van der Waals surface area contributed by atoms with Gasteiger partial charge in [-0.1, -0.05) is 0 Å². The molecule has 0 radical (unpaired) electrons. The quantitative estimate of drug-likeness (QED) is 0.821. The van der Waals surface area contributed by atoms with Crippen molar-refractivity contribution in [1.29, 1.82) is 0 Å². The first-order chi connectivity index (χ1) is 9.83. The highest BCUT2D eigenvalue weighted by atomic mass is 32.2. The molecule has 0 spiro atoms. The van der Waals surface area contributed by atoms with E-state index in [-0.39, 0.29) is 0 Å². The minimum absolute atomic E-state index is 0.589. The first-order valence-corrected chi connectivity index (χ1v) is 8.21. The second-order valence-corrected chi connectivity index (χ2v) is 6.19. The molecular formula is C14H21N3O2S. The summed E-state index contributed by atoms with van der Waals surface area (Å²) in [7, 11) is 0. The van der Waals surface area contributed by atoms with Crippen molar-refractivity contribution in [2.75, 3.05) is 61.9 Å². The number of nitrogens with two attached hydrogens (primary N) is 1. The number of nitrogens with one attached hydrogen (secondary N) is 1. The summed E-state index contributed by atoms with van der Waals surface area (Å²) in [5, 5.41) is 3.40. The Morgan fingerprint density at radius 3 is 2.60 bits per heavy atom. The monoisotopic (exact) mass is 295 g/mol. The molecule has 6 heteroatoms. The Hall–Kier alpha value is -1.27. The first-order valence-electron chi connectivity index (χ1n) is 7.06. The van der Waals surface area contributed by atoms with Crippen LogP contribution in [0.15, 0.2) is 12.1 Å². The third-order valence-electron chi connectivity index (χ3n) is 3.56. The van der Waals surface area contributed by atoms with E-state index in [2.05, 4.69) is 10.2 Å². The SMILES string of the molecule is Nc1cc2c(cc1NCCN1CCSCC1)OCCO2. The zero-order chi connectivity index (χ0) is 13.8. The fourth-order valence-electron chi connectivity index (χ4n) is 2.43. The summed E-state index contributed by atoms with van der Waals surface area (Å²) in [5.74, 6) is 4.01. The lowest BCUT2D eigenvalue weighted by atomic mass is 10.2. The largest absolute Gasteiger partial charge is 0.486 e. The highest BCUT2D eigenvalue weighted by Crippen LogP contribution is 2.36. The van der Waals surface area contributed by atoms with E-state index in [1.165, 1.54) is 24.6 Å². The molecule has 3 N–H and O–H groups in total. The molecule has 2 aliphatic heterocycles. The summed E-state index contributed by atoms with van der Waals surface area (Å²) in [6.45, 7) is 5.50. The number of rotatable bonds is 4. The van der Waals surface area contributed by atoms with Crippen LogP contribution in [0, 0.1) is 0 Å². The fourth-order valence-corrected chi connectivity index (χ4v) is 3.41. The third-order valence-corrected chi connectivity index (χ3v) is 4.50. The molecule has 2 heterocycles. The molecule has 2 aliphatic rings. The maximum absolute atomic E-state index is 6.05. The number of anilines is 2. The summed E-state index contributed by atoms with van der Waals surface area (Å²) >= 11 is 2.03. The van der Waals surface area contributed by atoms with Crippen LogP contribution < -0.4 is 20.5 Å². The van der Waals surface area contributed by atoms with Gasteiger partial charge in [0.15, 0.2) is 11.5 Å². The van der Waals surface area contributed by atoms with Crippen LogP contribution in [0.2, 0.25) is 0 Å². The molecule has 0 unspecified atom stereocenters. The van der Waals surface area contributed by atoms with E-state index in [0.717, 1.165) is 30.3 Å². The average molecular weight is 295 g/mol. The van der Waals surface area contributed by atoms with E-state index in [1.807, 2.05) is 23.9 Å². The third kappa shape index (κ3) is 3.24. The van der Waals surface area contributed by atoms with Gasteiger partial charge in [-0.15, -0.1) is 0 Å². The number of ether oxygens (including phenoxy) is 2. The Labute approximate surface area is 123 Å². The van der Waals surface area contributed by atoms with E-state index < -0.39 is 0 Å². The fraction of sp³-hybridized carbons (Fsp3) is 0.571. The van der Waals surface area contributed by atoms with Gasteiger partial charge in [0.25, 0.3) is 0 Å². The number of hydrogen-bond donors (Lipinski definition) is 2. The molecule has 0 aliphatic carbocycles. The average Bonchev–Trinajstić information content (AvgIpc) is 2.49. The van der Waals surface area contributed by atoms with E-state index in [9.17, 15) is 0 Å². The summed E-state index contributed by atoms with van der Waals surface area (Å²) in [5.41, 5.74) is 7.69. The Morgan fingerprint density at radius 1 is 1.15 bits per heavy atom. The zero-order valence-corrected chi connectivity index (χ0v) is 12.4. The Morgan fingerprint density at radius 2 is 1.85 bits per heavy atom. The van der Waals surface area contributed by atoms with Gasteiger partial charge >= 0.3 is 0 Å². The number of nitrogens with zero attached hydrogens (tertiary/aromatic N) is 1. The van der Waals surface area contributed by atoms with Crippen LogP contribution in [0.25, 0.3) is 0 Å². The second kappa shape index (κ2) is 6.45. The minimum Gasteiger partial charge on any atom is -0.486 e. The van der Waals surface area contributed by atoms with E-state index >= 15 is 0 Å². The topological polar surface area (TPSA) is 59.8 Å². The van der Waals surface area contributed by atoms with Gasteiger partial charge in [-0.05, 0) is 0 Å². The van der Waals surface area contributed by atoms with Gasteiger partial charge in [0, 0.05) is 49.8 Å². The summed E-state index contributed by atoms with van der Waals surface area (Å²) in [6.07, 6.45) is 0. The number of fused-ring (bicyclic) bond motifs is 1. The lowest BCUT2D eigenvalue weighted by Gasteiger charge is -2.26. The molecule has 1 aromatic carbocycles. The number of benzene rings is 1. The van der Waals surface area contributed by atoms with Crippen molar-refractivity contribution in [3.05, 3.63) is 12.1 Å². The van der Waals surface area contributed by atoms with Crippen LogP contribution in [0.4, 0.5) is 11.4 Å². The molecule has 110 valence electrons. The van der Waals surface area contributed by atoms with Gasteiger partial charge in [-0.25, -0.2) is 0 Å². The highest BCUT2D eigenvalue weighted by molar-refractivity contribution is 7.99. The number of nitrogen functional groups attached to an aromatic ring is 1. The van der Waals surface area contributed by atoms with Gasteiger partial charge in [-0.3, -0.25) is 4.90 Å². The molecule has 0 saturated carbocycles. The number of hydrogen-bond acceptors (Lipinski definition) is 6. The molecule has 0 amide bonds. The number of thioether (sulfide) groups is 1. The molecule has 1 saturated heterocycles. The van der Waals surface area contributed by atoms with Crippen molar-refractivity contribution in [2.24, 2.45) is 0 Å². The zero-order valence-electron chi connectivity index (χ0n) is 11.6. The van der Waals surface area contributed by atoms with Crippen LogP contribution in [0.3, 0.4) is 0 Å². The molecule has 0 bridgehead atoms. The highest BCUT2D eigenvalue weighted by Gasteiger charge is 2.15. The lowest BCUT2D eigenvalue weighted by molar-refractivity contribution is 0.172. The van der Waals surface area contributed by atoms with E-state index in [0.29, 0.717) is 18.9 Å². The van der Waals surface area contributed by atoms with Gasteiger partial charge in [0.1, 0.15) is 13.2 Å². The van der Waals surface area contributed by atoms with Gasteiger partial charge in [0.05, 0.1) is 11.4 Å². The van der Waals surface area contributed by atoms with Crippen LogP contribution in [0.5, 0.6) is 11.5 Å². The molecular weight excluding hydrogens is 274 g/mol. The van der Waals surface area contributed by atoms with Crippen LogP contribution >= 0.6 is 11.8 Å². The first kappa shape index (κ1) is 13.7. The minimum atomic E-state index is 0.589. The molecule has 1 fully saturated rings. The molecule has 0 atom stereocenters. The predicted octanol–water partition coefficient (Wildman–Crippen LogP) is 1.50. The Kier molecular flexibility index (Phi) is 4.42. The van der Waals surface area contributed by atoms with Gasteiger partial charge in [-0.2, -0.15) is 11.8 Å². The maximum atomic E-state index is 6.05. The van der Waals surface area contributed by atoms with Crippen molar-refractivity contribution in [3.63, 3.8) is 0 Å². The summed E-state index contributed by atoms with van der Waals surface area (Å²) in [4.78, 5) is 2.48. The van der Waals surface area contributed by atoms with Crippen LogP contribution in [-0.4, -0.2) is 55.8 Å². The smallest absolute Gasteiger partial charge is 0.163 e. The van der Waals surface area contributed by atoms with Crippen molar-refractivity contribution in [1.82, 2.24) is 4.90 Å². The summed E-state index contributed by atoms with van der Waals surface area (Å²) < 4.78 is 11.1. The van der Waals surface area contributed by atoms with Crippen molar-refractivity contribution in [2.45, 2.75) is 0 Å². The Balaban J connectivity index is 1.56. The van der Waals surface area contributed by atoms with Crippen molar-refractivity contribution in [3.8, 4) is 11.5 Å². The molecule has 0 aromatic heterocycles. The van der Waals surface area contributed by atoms with Gasteiger partial charge in [0.2, 0.25) is 0 Å². The predicted molar refractivity (Wildman–Crippen MR) is 84.1 cm³/mol. The maximum Gasteiger partial charge on any atom is 0.163 e. The van der Waals surface area contributed by atoms with Crippen LogP contribution in [-0.2, 0) is 0 Å². The lowest BCUT2D eigenvalue weighted by Crippen LogP contribution is -2.36. The second-order valence-electron chi connectivity index (χ2n) is 4.96. The molecule has 20 heavy (non-hydrogen) atoms. The van der Waals surface area contributed by atoms with Gasteiger partial charge < -0.3 is 20.5 Å². The van der Waals surface area contributed by atoms with Crippen molar-refractivity contribution >= 4 is 23.1 Å². The van der Waals surface area contributed by atoms with Crippen molar-refractivity contribution < 1.29 is 9.47 Å². The normalized spacial score (nSPS) is 18.8. The van der Waals surface area contributed by atoms with E-state index in [4.69, 9.17) is 15.2 Å². The standard InChI is InChI=1S/C14H21N3O2S/c15-11-9-13-14(19-6-5-18-13)10-12(11)16-1-2-17-3-7-20-8-4-17/h9-10,16H,1-8,15H2. The molecule has 5 nitrogen and oxygen atoms in total. The Bertz CT molecular complexity index is 464. The molecule has 3 rings (SSSR count). The summed E-state index contributed by atoms with van der Waals surface area (Å²) in [6, 6.07) is 3.78.